The molecular formula is C13H17BrN2O. The topological polar surface area (TPSA) is 47.3 Å². The Labute approximate surface area is 110 Å². The molecule has 1 atom stereocenters. The van der Waals surface area contributed by atoms with E-state index in [1.54, 1.807) is 0 Å². The van der Waals surface area contributed by atoms with Crippen LogP contribution in [0.2, 0.25) is 0 Å². The molecule has 2 rings (SSSR count). The van der Waals surface area contributed by atoms with Gasteiger partial charge in [0.1, 0.15) is 5.76 Å². The number of hydrazine groups is 1. The largest absolute Gasteiger partial charge is 0.497 e. The lowest BCUT2D eigenvalue weighted by Crippen LogP contribution is -2.39. The van der Waals surface area contributed by atoms with Crippen LogP contribution < -0.4 is 11.3 Å². The summed E-state index contributed by atoms with van der Waals surface area (Å²) in [4.78, 5) is 0. The summed E-state index contributed by atoms with van der Waals surface area (Å²) in [5, 5.41) is 0. The Balaban J connectivity index is 2.09. The lowest BCUT2D eigenvalue weighted by atomic mass is 10.0. The van der Waals surface area contributed by atoms with Crippen LogP contribution in [0, 0.1) is 0 Å². The third-order valence-corrected chi connectivity index (χ3v) is 3.66. The van der Waals surface area contributed by atoms with Crippen LogP contribution in [0.15, 0.2) is 40.6 Å². The first kappa shape index (κ1) is 12.6. The van der Waals surface area contributed by atoms with Crippen molar-refractivity contribution in [2.75, 3.05) is 6.61 Å². The maximum Gasteiger partial charge on any atom is 0.111 e. The fourth-order valence-electron chi connectivity index (χ4n) is 1.94. The van der Waals surface area contributed by atoms with E-state index in [1.165, 1.54) is 5.56 Å². The van der Waals surface area contributed by atoms with E-state index in [-0.39, 0.29) is 6.04 Å². The summed E-state index contributed by atoms with van der Waals surface area (Å²) in [6.07, 6.45) is 5.12. The van der Waals surface area contributed by atoms with Gasteiger partial charge in [0.05, 0.1) is 12.6 Å². The van der Waals surface area contributed by atoms with Gasteiger partial charge in [0.15, 0.2) is 0 Å². The van der Waals surface area contributed by atoms with Crippen molar-refractivity contribution in [1.29, 1.82) is 0 Å². The molecule has 17 heavy (non-hydrogen) atoms. The van der Waals surface area contributed by atoms with Crippen LogP contribution in [0.3, 0.4) is 0 Å². The van der Waals surface area contributed by atoms with Crippen molar-refractivity contribution in [1.82, 2.24) is 5.43 Å². The van der Waals surface area contributed by atoms with Gasteiger partial charge in [-0.2, -0.15) is 0 Å². The van der Waals surface area contributed by atoms with Gasteiger partial charge in [-0.25, -0.2) is 5.43 Å². The van der Waals surface area contributed by atoms with Crippen LogP contribution in [-0.4, -0.2) is 12.6 Å². The summed E-state index contributed by atoms with van der Waals surface area (Å²) in [6.45, 7) is 0.792. The fourth-order valence-corrected chi connectivity index (χ4v) is 2.39. The van der Waals surface area contributed by atoms with E-state index in [2.05, 4.69) is 33.5 Å². The Morgan fingerprint density at radius 1 is 1.41 bits per heavy atom. The van der Waals surface area contributed by atoms with Crippen LogP contribution in [0.1, 0.15) is 18.4 Å². The van der Waals surface area contributed by atoms with Gasteiger partial charge in [-0.05, 0) is 37.0 Å². The van der Waals surface area contributed by atoms with Crippen molar-refractivity contribution in [3.8, 4) is 0 Å². The number of halogens is 1. The third kappa shape index (κ3) is 3.31. The van der Waals surface area contributed by atoms with Gasteiger partial charge in [-0.15, -0.1) is 0 Å². The first-order valence-corrected chi connectivity index (χ1v) is 6.63. The minimum absolute atomic E-state index is 0.0500. The number of nitrogens with one attached hydrogen (secondary N) is 1. The molecule has 0 saturated carbocycles. The molecule has 0 saturated heterocycles. The summed E-state index contributed by atoms with van der Waals surface area (Å²) in [7, 11) is 0. The van der Waals surface area contributed by atoms with Gasteiger partial charge in [-0.1, -0.05) is 34.1 Å². The Morgan fingerprint density at radius 2 is 2.24 bits per heavy atom. The van der Waals surface area contributed by atoms with Gasteiger partial charge < -0.3 is 4.74 Å². The van der Waals surface area contributed by atoms with Crippen LogP contribution in [0.25, 0.3) is 0 Å². The van der Waals surface area contributed by atoms with Gasteiger partial charge in [0, 0.05) is 4.47 Å². The number of nitrogens with two attached hydrogens (primary N) is 1. The highest BCUT2D eigenvalue weighted by Gasteiger charge is 2.17. The molecule has 1 heterocycles. The smallest absolute Gasteiger partial charge is 0.111 e. The molecule has 1 aromatic carbocycles. The van der Waals surface area contributed by atoms with E-state index in [9.17, 15) is 0 Å². The minimum atomic E-state index is 0.0500. The molecule has 1 unspecified atom stereocenters. The second kappa shape index (κ2) is 6.19. The molecule has 1 aliphatic heterocycles. The quantitative estimate of drug-likeness (QED) is 0.663. The summed E-state index contributed by atoms with van der Waals surface area (Å²) < 4.78 is 6.75. The minimum Gasteiger partial charge on any atom is -0.497 e. The summed E-state index contributed by atoms with van der Waals surface area (Å²) in [6, 6.07) is 8.23. The second-order valence-electron chi connectivity index (χ2n) is 4.11. The zero-order valence-electron chi connectivity index (χ0n) is 9.66. The Kier molecular flexibility index (Phi) is 4.59. The van der Waals surface area contributed by atoms with Gasteiger partial charge in [0.25, 0.3) is 0 Å². The number of benzene rings is 1. The average molecular weight is 297 g/mol. The summed E-state index contributed by atoms with van der Waals surface area (Å²) in [5.74, 6) is 6.58. The van der Waals surface area contributed by atoms with Crippen LogP contribution in [0.5, 0.6) is 0 Å². The molecule has 0 spiro atoms. The van der Waals surface area contributed by atoms with E-state index >= 15 is 0 Å². The SMILES string of the molecule is NNC(Cc1ccccc1Br)C1=CCCCO1. The number of hydrogen-bond acceptors (Lipinski definition) is 3. The van der Waals surface area contributed by atoms with E-state index in [1.807, 2.05) is 18.2 Å². The highest BCUT2D eigenvalue weighted by atomic mass is 79.9. The Morgan fingerprint density at radius 3 is 2.88 bits per heavy atom. The maximum absolute atomic E-state index is 5.65. The third-order valence-electron chi connectivity index (χ3n) is 2.89. The molecule has 0 aliphatic carbocycles. The monoisotopic (exact) mass is 296 g/mol. The van der Waals surface area contributed by atoms with Gasteiger partial charge in [0.2, 0.25) is 0 Å². The number of ether oxygens (including phenoxy) is 1. The van der Waals surface area contributed by atoms with E-state index in [0.29, 0.717) is 0 Å². The average Bonchev–Trinajstić information content (AvgIpc) is 2.39. The molecule has 1 aliphatic rings. The standard InChI is InChI=1S/C13H17BrN2O/c14-11-6-2-1-5-10(11)9-12(16-15)13-7-3-4-8-17-13/h1-2,5-7,12,16H,3-4,8-9,15H2. The number of rotatable bonds is 4. The molecule has 1 aromatic rings. The highest BCUT2D eigenvalue weighted by molar-refractivity contribution is 9.10. The van der Waals surface area contributed by atoms with Crippen molar-refractivity contribution in [2.45, 2.75) is 25.3 Å². The van der Waals surface area contributed by atoms with E-state index in [4.69, 9.17) is 10.6 Å². The second-order valence-corrected chi connectivity index (χ2v) is 4.97. The Hall–Kier alpha value is -0.840. The zero-order chi connectivity index (χ0) is 12.1. The number of allylic oxidation sites excluding steroid dienone is 1. The van der Waals surface area contributed by atoms with Gasteiger partial charge >= 0.3 is 0 Å². The van der Waals surface area contributed by atoms with Crippen LogP contribution in [-0.2, 0) is 11.2 Å². The van der Waals surface area contributed by atoms with Crippen LogP contribution in [0.4, 0.5) is 0 Å². The van der Waals surface area contributed by atoms with Gasteiger partial charge in [-0.3, -0.25) is 5.84 Å². The molecule has 0 radical (unpaired) electrons. The first-order valence-electron chi connectivity index (χ1n) is 5.83. The maximum atomic E-state index is 5.65. The zero-order valence-corrected chi connectivity index (χ0v) is 11.2. The van der Waals surface area contributed by atoms with Crippen molar-refractivity contribution in [2.24, 2.45) is 5.84 Å². The molecule has 0 fully saturated rings. The molecule has 0 aromatic heterocycles. The molecule has 0 amide bonds. The normalized spacial score (nSPS) is 17.2. The molecule has 3 N–H and O–H groups in total. The Bertz CT molecular complexity index is 406. The van der Waals surface area contributed by atoms with Crippen molar-refractivity contribution < 1.29 is 4.74 Å². The number of hydrogen-bond donors (Lipinski definition) is 2. The summed E-state index contributed by atoms with van der Waals surface area (Å²) >= 11 is 3.55. The molecule has 92 valence electrons. The first-order chi connectivity index (χ1) is 8.31. The van der Waals surface area contributed by atoms with Crippen molar-refractivity contribution in [3.05, 3.63) is 46.1 Å². The lowest BCUT2D eigenvalue weighted by molar-refractivity contribution is 0.167. The lowest BCUT2D eigenvalue weighted by Gasteiger charge is -2.23. The highest BCUT2D eigenvalue weighted by Crippen LogP contribution is 2.21. The summed E-state index contributed by atoms with van der Waals surface area (Å²) in [5.41, 5.74) is 4.06. The fraction of sp³-hybridized carbons (Fsp3) is 0.385. The van der Waals surface area contributed by atoms with Crippen LogP contribution >= 0.6 is 15.9 Å². The predicted molar refractivity (Wildman–Crippen MR) is 72.2 cm³/mol. The molecular weight excluding hydrogens is 280 g/mol. The van der Waals surface area contributed by atoms with E-state index in [0.717, 1.165) is 36.1 Å². The molecule has 4 heteroatoms. The predicted octanol–water partition coefficient (Wildman–Crippen LogP) is 2.52. The van der Waals surface area contributed by atoms with Crippen molar-refractivity contribution >= 4 is 15.9 Å². The van der Waals surface area contributed by atoms with E-state index < -0.39 is 0 Å². The molecule has 3 nitrogen and oxygen atoms in total. The molecule has 0 bridgehead atoms. The van der Waals surface area contributed by atoms with Crippen molar-refractivity contribution in [3.63, 3.8) is 0 Å².